The van der Waals surface area contributed by atoms with Crippen molar-refractivity contribution in [2.24, 2.45) is 5.92 Å². The van der Waals surface area contributed by atoms with Crippen molar-refractivity contribution in [2.45, 2.75) is 25.2 Å². The summed E-state index contributed by atoms with van der Waals surface area (Å²) in [5.41, 5.74) is 2.12. The highest BCUT2D eigenvalue weighted by molar-refractivity contribution is 5.90. The molecular weight excluding hydrogens is 232 g/mol. The van der Waals surface area contributed by atoms with E-state index in [1.807, 2.05) is 6.07 Å². The highest BCUT2D eigenvalue weighted by Gasteiger charge is 2.40. The Morgan fingerprint density at radius 1 is 1.11 bits per heavy atom. The first-order chi connectivity index (χ1) is 9.20. The van der Waals surface area contributed by atoms with Crippen molar-refractivity contribution in [3.63, 3.8) is 0 Å². The number of hydrogen-bond acceptors (Lipinski definition) is 2. The van der Waals surface area contributed by atoms with E-state index in [9.17, 15) is 10.5 Å². The maximum Gasteiger partial charge on any atom is 0.142 e. The molecule has 2 nitrogen and oxygen atoms in total. The average molecular weight is 246 g/mol. The summed E-state index contributed by atoms with van der Waals surface area (Å²) < 4.78 is 0. The molecule has 19 heavy (non-hydrogen) atoms. The molecule has 1 atom stereocenters. The summed E-state index contributed by atoms with van der Waals surface area (Å²) in [6, 6.07) is 16.9. The SMILES string of the molecule is CC1(C(C#N)C#N)CCc2cccc3cccc1c23. The first kappa shape index (κ1) is 11.8. The van der Waals surface area contributed by atoms with Gasteiger partial charge in [-0.2, -0.15) is 10.5 Å². The van der Waals surface area contributed by atoms with Crippen LogP contribution in [0.4, 0.5) is 0 Å². The van der Waals surface area contributed by atoms with E-state index in [1.165, 1.54) is 16.3 Å². The van der Waals surface area contributed by atoms with Crippen LogP contribution in [0.5, 0.6) is 0 Å². The third-order valence-electron chi connectivity index (χ3n) is 4.42. The van der Waals surface area contributed by atoms with Crippen molar-refractivity contribution in [1.82, 2.24) is 0 Å². The fraction of sp³-hybridized carbons (Fsp3) is 0.294. The second kappa shape index (κ2) is 4.11. The van der Waals surface area contributed by atoms with E-state index >= 15 is 0 Å². The van der Waals surface area contributed by atoms with Gasteiger partial charge in [0.05, 0.1) is 12.1 Å². The van der Waals surface area contributed by atoms with Gasteiger partial charge in [-0.25, -0.2) is 0 Å². The number of hydrogen-bond donors (Lipinski definition) is 0. The molecule has 0 radical (unpaired) electrons. The van der Waals surface area contributed by atoms with Crippen molar-refractivity contribution >= 4 is 10.8 Å². The van der Waals surface area contributed by atoms with Gasteiger partial charge in [0.2, 0.25) is 0 Å². The minimum atomic E-state index is -0.591. The van der Waals surface area contributed by atoms with Gasteiger partial charge in [-0.3, -0.25) is 0 Å². The molecule has 92 valence electrons. The maximum absolute atomic E-state index is 9.27. The molecule has 2 aromatic rings. The van der Waals surface area contributed by atoms with E-state index in [4.69, 9.17) is 0 Å². The van der Waals surface area contributed by atoms with E-state index in [2.05, 4.69) is 49.4 Å². The predicted molar refractivity (Wildman–Crippen MR) is 74.3 cm³/mol. The van der Waals surface area contributed by atoms with E-state index in [0.29, 0.717) is 0 Å². The molecule has 3 rings (SSSR count). The molecule has 0 aromatic heterocycles. The fourth-order valence-corrected chi connectivity index (χ4v) is 3.25. The minimum Gasteiger partial charge on any atom is -0.197 e. The van der Waals surface area contributed by atoms with Crippen LogP contribution in [0, 0.1) is 28.6 Å². The molecule has 0 N–H and O–H groups in total. The van der Waals surface area contributed by atoms with Crippen molar-refractivity contribution in [3.8, 4) is 12.1 Å². The van der Waals surface area contributed by atoms with Crippen LogP contribution < -0.4 is 0 Å². The first-order valence-corrected chi connectivity index (χ1v) is 6.51. The van der Waals surface area contributed by atoms with E-state index < -0.39 is 5.92 Å². The smallest absolute Gasteiger partial charge is 0.142 e. The predicted octanol–water partition coefficient (Wildman–Crippen LogP) is 3.71. The van der Waals surface area contributed by atoms with Crippen molar-refractivity contribution in [2.75, 3.05) is 0 Å². The Hall–Kier alpha value is -2.32. The van der Waals surface area contributed by atoms with Crippen LogP contribution >= 0.6 is 0 Å². The number of aryl methyl sites for hydroxylation is 1. The highest BCUT2D eigenvalue weighted by Crippen LogP contribution is 2.44. The molecule has 2 heteroatoms. The van der Waals surface area contributed by atoms with Crippen LogP contribution in [0.1, 0.15) is 24.5 Å². The molecule has 0 amide bonds. The first-order valence-electron chi connectivity index (χ1n) is 6.51. The van der Waals surface area contributed by atoms with Gasteiger partial charge in [-0.15, -0.1) is 0 Å². The normalized spacial score (nSPS) is 21.1. The van der Waals surface area contributed by atoms with Gasteiger partial charge in [0.1, 0.15) is 5.92 Å². The molecule has 0 bridgehead atoms. The van der Waals surface area contributed by atoms with Crippen LogP contribution in [0.25, 0.3) is 10.8 Å². The third-order valence-corrected chi connectivity index (χ3v) is 4.42. The highest BCUT2D eigenvalue weighted by atomic mass is 14.4. The number of nitrogens with zero attached hydrogens (tertiary/aromatic N) is 2. The summed E-state index contributed by atoms with van der Waals surface area (Å²) in [5.74, 6) is -0.591. The van der Waals surface area contributed by atoms with Crippen LogP contribution in [-0.2, 0) is 11.8 Å². The fourth-order valence-electron chi connectivity index (χ4n) is 3.25. The van der Waals surface area contributed by atoms with E-state index in [1.54, 1.807) is 0 Å². The van der Waals surface area contributed by atoms with Gasteiger partial charge in [0.25, 0.3) is 0 Å². The Kier molecular flexibility index (Phi) is 2.54. The summed E-state index contributed by atoms with van der Waals surface area (Å²) in [6.45, 7) is 2.05. The Bertz CT molecular complexity index is 714. The molecule has 0 saturated carbocycles. The Balaban J connectivity index is 2.34. The van der Waals surface area contributed by atoms with Gasteiger partial charge in [0, 0.05) is 5.41 Å². The third kappa shape index (κ3) is 1.54. The minimum absolute atomic E-state index is 0.364. The molecule has 2 aromatic carbocycles. The molecule has 1 aliphatic rings. The molecule has 0 fully saturated rings. The number of rotatable bonds is 1. The summed E-state index contributed by atoms with van der Waals surface area (Å²) in [6.07, 6.45) is 1.79. The molecule has 0 heterocycles. The standard InChI is InChI=1S/C17H14N2/c1-17(14(10-18)11-19)9-8-13-5-2-4-12-6-3-7-15(17)16(12)13/h2-7,14H,8-9H2,1H3. The summed E-state index contributed by atoms with van der Waals surface area (Å²) in [5, 5.41) is 21.0. The second-order valence-electron chi connectivity index (χ2n) is 5.43. The van der Waals surface area contributed by atoms with Gasteiger partial charge in [-0.1, -0.05) is 43.3 Å². The lowest BCUT2D eigenvalue weighted by atomic mass is 9.65. The molecular formula is C17H14N2. The second-order valence-corrected chi connectivity index (χ2v) is 5.43. The molecule has 1 aliphatic carbocycles. The van der Waals surface area contributed by atoms with Gasteiger partial charge >= 0.3 is 0 Å². The Morgan fingerprint density at radius 2 is 1.79 bits per heavy atom. The van der Waals surface area contributed by atoms with E-state index in [0.717, 1.165) is 18.4 Å². The van der Waals surface area contributed by atoms with Crippen molar-refractivity contribution < 1.29 is 0 Å². The molecule has 0 saturated heterocycles. The number of nitriles is 2. The summed E-state index contributed by atoms with van der Waals surface area (Å²) in [7, 11) is 0. The molecule has 0 spiro atoms. The largest absolute Gasteiger partial charge is 0.197 e. The quantitative estimate of drug-likeness (QED) is 0.770. The summed E-state index contributed by atoms with van der Waals surface area (Å²) >= 11 is 0. The topological polar surface area (TPSA) is 47.6 Å². The zero-order valence-corrected chi connectivity index (χ0v) is 10.9. The zero-order chi connectivity index (χ0) is 13.5. The van der Waals surface area contributed by atoms with Crippen molar-refractivity contribution in [1.29, 1.82) is 10.5 Å². The summed E-state index contributed by atoms with van der Waals surface area (Å²) in [4.78, 5) is 0. The lowest BCUT2D eigenvalue weighted by Crippen LogP contribution is -2.33. The zero-order valence-electron chi connectivity index (χ0n) is 10.9. The van der Waals surface area contributed by atoms with Crippen LogP contribution in [0.15, 0.2) is 36.4 Å². The van der Waals surface area contributed by atoms with Gasteiger partial charge in [-0.05, 0) is 34.7 Å². The van der Waals surface area contributed by atoms with Crippen LogP contribution in [-0.4, -0.2) is 0 Å². The molecule has 0 aliphatic heterocycles. The van der Waals surface area contributed by atoms with E-state index in [-0.39, 0.29) is 5.41 Å². The van der Waals surface area contributed by atoms with Crippen LogP contribution in [0.3, 0.4) is 0 Å². The number of benzene rings is 2. The Labute approximate surface area is 112 Å². The van der Waals surface area contributed by atoms with Gasteiger partial charge < -0.3 is 0 Å². The maximum atomic E-state index is 9.27. The monoisotopic (exact) mass is 246 g/mol. The Morgan fingerprint density at radius 3 is 2.47 bits per heavy atom. The lowest BCUT2D eigenvalue weighted by Gasteiger charge is -2.36. The van der Waals surface area contributed by atoms with Crippen molar-refractivity contribution in [3.05, 3.63) is 47.5 Å². The van der Waals surface area contributed by atoms with Crippen LogP contribution in [0.2, 0.25) is 0 Å². The van der Waals surface area contributed by atoms with Gasteiger partial charge in [0.15, 0.2) is 0 Å². The average Bonchev–Trinajstić information content (AvgIpc) is 2.45. The lowest BCUT2D eigenvalue weighted by molar-refractivity contribution is 0.379. The molecule has 1 unspecified atom stereocenters.